The molecule has 15 heteroatoms. The zero-order chi connectivity index (χ0) is 87.8. The van der Waals surface area contributed by atoms with Crippen LogP contribution in [0.15, 0.2) is 419 Å². The number of hydrogen-bond acceptors (Lipinski definition) is 15. The normalized spacial score (nSPS) is 10.6. The summed E-state index contributed by atoms with van der Waals surface area (Å²) >= 11 is 0. The number of benzene rings is 12. The second-order valence-electron chi connectivity index (χ2n) is 30.4. The highest BCUT2D eigenvalue weighted by atomic mass is 14.9. The molecule has 0 radical (unpaired) electrons. The number of rotatable bonds is 15. The van der Waals surface area contributed by atoms with Crippen molar-refractivity contribution in [3.8, 4) is 175 Å². The number of aryl methyl sites for hydroxylation is 6. The van der Waals surface area contributed by atoms with Gasteiger partial charge in [0.1, 0.15) is 11.6 Å². The third-order valence-electron chi connectivity index (χ3n) is 20.9. The van der Waals surface area contributed by atoms with Crippen molar-refractivity contribution in [1.29, 1.82) is 5.26 Å². The zero-order valence-electron chi connectivity index (χ0n) is 71.5. The molecule has 0 N–H and O–H groups in total. The fourth-order valence-corrected chi connectivity index (χ4v) is 14.2. The standard InChI is InChI=1S/C29H22N2.2C22H17N3.C21H16N4.C19H15N3/c1-21-12-14-24(15-13-21)27-20-28(31-29(30-27)26-10-6-3-7-11-26)25-18-16-23(17-19-25)22-8-4-2-5-9-22;1-16-24-21(18-6-3-2-4-7-18)14-22(25-16)19-11-9-17(10-12-19)20-8-5-13-23-15-20;1-16-14-21(18-6-3-2-4-7-18)25-22(24-16)19-11-9-17(10-12-19)20-8-5-13-23-15-20;1-15-12-19(16-8-4-2-5-9-16)25-21(24-15)18-13-22-20(23-14-18)17-10-6-3-7-11-17;1-13-3-7-16(8-4-13)18-11-19(22-14(2)21-18)17-9-5-15(12-20)6-10-17/h2-20H,1H3;2*2-15H,1H3;2-14H,1H3;3-11H,1-2H3. The van der Waals surface area contributed by atoms with E-state index in [1.807, 2.05) is 210 Å². The Morgan fingerprint density at radius 3 is 0.758 bits per heavy atom. The largest absolute Gasteiger partial charge is 0.264 e. The summed E-state index contributed by atoms with van der Waals surface area (Å²) in [5, 5.41) is 8.88. The van der Waals surface area contributed by atoms with E-state index in [1.54, 1.807) is 36.9 Å². The van der Waals surface area contributed by atoms with Crippen molar-refractivity contribution in [1.82, 2.24) is 69.8 Å². The maximum absolute atomic E-state index is 8.88. The molecule has 0 saturated carbocycles. The van der Waals surface area contributed by atoms with Gasteiger partial charge in [-0.15, -0.1) is 0 Å². The van der Waals surface area contributed by atoms with Gasteiger partial charge >= 0.3 is 0 Å². The van der Waals surface area contributed by atoms with Gasteiger partial charge in [-0.3, -0.25) is 9.97 Å². The van der Waals surface area contributed by atoms with Crippen LogP contribution < -0.4 is 0 Å². The minimum absolute atomic E-state index is 0.637. The van der Waals surface area contributed by atoms with Crippen LogP contribution in [0.1, 0.15) is 39.7 Å². The average molecular weight is 1660 g/mol. The Morgan fingerprint density at radius 2 is 0.422 bits per heavy atom. The summed E-state index contributed by atoms with van der Waals surface area (Å²) in [7, 11) is 0. The number of aromatic nitrogens is 14. The molecule has 15 nitrogen and oxygen atoms in total. The lowest BCUT2D eigenvalue weighted by atomic mass is 10.0. The van der Waals surface area contributed by atoms with Crippen LogP contribution >= 0.6 is 0 Å². The van der Waals surface area contributed by atoms with Gasteiger partial charge in [-0.25, -0.2) is 59.8 Å². The number of nitriles is 1. The summed E-state index contributed by atoms with van der Waals surface area (Å²) in [6.07, 6.45) is 10.9. The smallest absolute Gasteiger partial charge is 0.163 e. The molecule has 8 aromatic heterocycles. The number of nitrogens with zero attached hydrogens (tertiary/aromatic N) is 15. The van der Waals surface area contributed by atoms with Crippen LogP contribution in [0.3, 0.4) is 0 Å². The molecule has 0 fully saturated rings. The summed E-state index contributed by atoms with van der Waals surface area (Å²) in [5.41, 5.74) is 31.6. The fourth-order valence-electron chi connectivity index (χ4n) is 14.2. The molecule has 0 bridgehead atoms. The number of pyridine rings is 2. The molecule has 0 atom stereocenters. The lowest BCUT2D eigenvalue weighted by Crippen LogP contribution is -1.97. The fraction of sp³-hybridized carbons (Fsp3) is 0.0531. The Kier molecular flexibility index (Phi) is 27.2. The van der Waals surface area contributed by atoms with Gasteiger partial charge in [-0.2, -0.15) is 5.26 Å². The topological polar surface area (TPSA) is 204 Å². The van der Waals surface area contributed by atoms with Crippen molar-refractivity contribution >= 4 is 0 Å². The van der Waals surface area contributed by atoms with Crippen LogP contribution in [-0.4, -0.2) is 69.8 Å². The summed E-state index contributed by atoms with van der Waals surface area (Å²) in [6.45, 7) is 12.0. The molecule has 0 unspecified atom stereocenters. The van der Waals surface area contributed by atoms with Gasteiger partial charge in [0.15, 0.2) is 23.3 Å². The first kappa shape index (κ1) is 84.5. The van der Waals surface area contributed by atoms with Crippen molar-refractivity contribution in [2.75, 3.05) is 0 Å². The number of hydrogen-bond donors (Lipinski definition) is 0. The van der Waals surface area contributed by atoms with E-state index in [0.29, 0.717) is 17.2 Å². The predicted octanol–water partition coefficient (Wildman–Crippen LogP) is 26.7. The third kappa shape index (κ3) is 22.2. The van der Waals surface area contributed by atoms with E-state index < -0.39 is 0 Å². The van der Waals surface area contributed by atoms with Gasteiger partial charge in [-0.05, 0) is 130 Å². The monoisotopic (exact) mass is 1650 g/mol. The van der Waals surface area contributed by atoms with Crippen molar-refractivity contribution in [3.05, 3.63) is 459 Å². The Hall–Kier alpha value is -17.1. The minimum Gasteiger partial charge on any atom is -0.264 e. The molecule has 0 aliphatic carbocycles. The lowest BCUT2D eigenvalue weighted by molar-refractivity contribution is 1.06. The third-order valence-corrected chi connectivity index (χ3v) is 20.9. The molecule has 0 aliphatic rings. The van der Waals surface area contributed by atoms with E-state index in [9.17, 15) is 0 Å². The zero-order valence-corrected chi connectivity index (χ0v) is 71.5. The molecule has 128 heavy (non-hydrogen) atoms. The van der Waals surface area contributed by atoms with Crippen molar-refractivity contribution in [3.63, 3.8) is 0 Å². The average Bonchev–Trinajstić information content (AvgIpc) is 0.805. The summed E-state index contributed by atoms with van der Waals surface area (Å²) < 4.78 is 0. The Balaban J connectivity index is 0.000000118. The maximum Gasteiger partial charge on any atom is 0.163 e. The van der Waals surface area contributed by atoms with E-state index in [1.165, 1.54) is 22.3 Å². The molecule has 0 amide bonds. The van der Waals surface area contributed by atoms with Gasteiger partial charge < -0.3 is 0 Å². The first-order valence-electron chi connectivity index (χ1n) is 42.0. The highest BCUT2D eigenvalue weighted by Crippen LogP contribution is 2.34. The van der Waals surface area contributed by atoms with Gasteiger partial charge in [-0.1, -0.05) is 339 Å². The van der Waals surface area contributed by atoms with Crippen LogP contribution in [0.2, 0.25) is 0 Å². The Labute approximate surface area is 746 Å². The van der Waals surface area contributed by atoms with Crippen molar-refractivity contribution in [2.24, 2.45) is 0 Å². The summed E-state index contributed by atoms with van der Waals surface area (Å²) in [4.78, 5) is 63.9. The molecule has 8 heterocycles. The van der Waals surface area contributed by atoms with Gasteiger partial charge in [0.25, 0.3) is 0 Å². The molecular weight excluding hydrogens is 1570 g/mol. The minimum atomic E-state index is 0.637. The SMILES string of the molecule is Cc1cc(-c2ccccc2)nc(-c2ccc(-c3cccnc3)cc2)n1.Cc1cc(-c2ccccc2)nc(-c2cnc(-c3ccccc3)nc2)n1.Cc1ccc(-c2cc(-c3ccc(-c4ccccc4)cc3)nc(-c3ccccc3)n2)cc1.Cc1ccc(-c2cc(-c3ccc(C#N)cc3)nc(C)n2)cc1.Cc1nc(-c2ccccc2)cc(-c2ccc(-c3cccnc3)cc2)n1. The van der Waals surface area contributed by atoms with E-state index in [4.69, 9.17) is 20.2 Å². The lowest BCUT2D eigenvalue weighted by Gasteiger charge is -2.10. The van der Waals surface area contributed by atoms with Gasteiger partial charge in [0.2, 0.25) is 0 Å². The van der Waals surface area contributed by atoms with Crippen LogP contribution in [0.5, 0.6) is 0 Å². The quantitative estimate of drug-likeness (QED) is 0.0936. The highest BCUT2D eigenvalue weighted by molar-refractivity contribution is 5.77. The first-order chi connectivity index (χ1) is 62.8. The molecule has 0 spiro atoms. The van der Waals surface area contributed by atoms with E-state index in [2.05, 4.69) is 275 Å². The molecular formula is C113H87N15. The van der Waals surface area contributed by atoms with Gasteiger partial charge in [0.05, 0.1) is 62.7 Å². The molecule has 614 valence electrons. The highest BCUT2D eigenvalue weighted by Gasteiger charge is 2.16. The maximum atomic E-state index is 8.88. The summed E-state index contributed by atoms with van der Waals surface area (Å²) in [5.74, 6) is 4.32. The van der Waals surface area contributed by atoms with Crippen LogP contribution in [0, 0.1) is 52.9 Å². The van der Waals surface area contributed by atoms with E-state index in [-0.39, 0.29) is 0 Å². The van der Waals surface area contributed by atoms with Crippen LogP contribution in [0.25, 0.3) is 169 Å². The van der Waals surface area contributed by atoms with E-state index in [0.717, 1.165) is 169 Å². The van der Waals surface area contributed by atoms with E-state index >= 15 is 0 Å². The first-order valence-corrected chi connectivity index (χ1v) is 42.0. The van der Waals surface area contributed by atoms with Crippen LogP contribution in [-0.2, 0) is 0 Å². The predicted molar refractivity (Wildman–Crippen MR) is 516 cm³/mol. The second-order valence-corrected chi connectivity index (χ2v) is 30.4. The Morgan fingerprint density at radius 1 is 0.188 bits per heavy atom. The molecule has 12 aromatic carbocycles. The van der Waals surface area contributed by atoms with Gasteiger partial charge in [0, 0.05) is 110 Å². The summed E-state index contributed by atoms with van der Waals surface area (Å²) in [6, 6.07) is 131. The Bertz CT molecular complexity index is 6670. The molecule has 20 aromatic rings. The molecule has 0 aliphatic heterocycles. The van der Waals surface area contributed by atoms with Crippen LogP contribution in [0.4, 0.5) is 0 Å². The van der Waals surface area contributed by atoms with Crippen molar-refractivity contribution < 1.29 is 0 Å². The molecule has 0 saturated heterocycles. The second kappa shape index (κ2) is 41.2. The van der Waals surface area contributed by atoms with Crippen molar-refractivity contribution in [2.45, 2.75) is 41.5 Å². The molecule has 20 rings (SSSR count).